The number of hydrogen-bond acceptors (Lipinski definition) is 2. The smallest absolute Gasteiger partial charge is 0.0887 e. The molecule has 0 unspecified atom stereocenters. The van der Waals surface area contributed by atoms with Gasteiger partial charge >= 0.3 is 0 Å². The first-order valence-corrected chi connectivity index (χ1v) is 6.03. The Morgan fingerprint density at radius 2 is 2.07 bits per heavy atom. The maximum Gasteiger partial charge on any atom is 0.0887 e. The molecule has 0 spiro atoms. The van der Waals surface area contributed by atoms with Gasteiger partial charge in [-0.15, -0.1) is 0 Å². The molecule has 2 rings (SSSR count). The number of halogens is 1. The third-order valence-corrected chi connectivity index (χ3v) is 3.60. The Labute approximate surface area is 99.2 Å². The Morgan fingerprint density at radius 1 is 1.33 bits per heavy atom. The first kappa shape index (κ1) is 10.8. The summed E-state index contributed by atoms with van der Waals surface area (Å²) in [6.07, 6.45) is 0. The summed E-state index contributed by atoms with van der Waals surface area (Å²) in [5.74, 6) is 2.85. The second-order valence-electron chi connectivity index (χ2n) is 4.53. The van der Waals surface area contributed by atoms with Crippen molar-refractivity contribution in [3.63, 3.8) is 0 Å². The highest BCUT2D eigenvalue weighted by atomic mass is 35.5. The summed E-state index contributed by atoms with van der Waals surface area (Å²) in [5.41, 5.74) is 2.24. The van der Waals surface area contributed by atoms with Gasteiger partial charge in [0.2, 0.25) is 0 Å². The van der Waals surface area contributed by atoms with Crippen LogP contribution in [-0.4, -0.2) is 5.87 Å². The molecule has 1 aromatic carbocycles. The summed E-state index contributed by atoms with van der Waals surface area (Å²) in [6.45, 7) is 6.50. The monoisotopic (exact) mass is 237 g/mol. The first-order chi connectivity index (χ1) is 6.98. The molecule has 15 heavy (non-hydrogen) atoms. The molecule has 0 saturated heterocycles. The van der Waals surface area contributed by atoms with E-state index in [4.69, 9.17) is 11.6 Å². The molecular weight excluding hydrogens is 226 g/mol. The van der Waals surface area contributed by atoms with Crippen LogP contribution in [0.2, 0.25) is 5.02 Å². The molecule has 0 radical (unpaired) electrons. The number of hydrogen-bond donors (Lipinski definition) is 0. The zero-order chi connectivity index (χ0) is 11.1. The van der Waals surface area contributed by atoms with Gasteiger partial charge in [0.05, 0.1) is 15.6 Å². The van der Waals surface area contributed by atoms with E-state index in [-0.39, 0.29) is 5.41 Å². The molecule has 1 nitrogen and oxygen atoms in total. The van der Waals surface area contributed by atoms with E-state index in [1.54, 1.807) is 11.8 Å². The van der Waals surface area contributed by atoms with Crippen LogP contribution in [0.25, 0.3) is 0 Å². The number of rotatable bonds is 0. The van der Waals surface area contributed by atoms with Crippen LogP contribution >= 0.6 is 23.4 Å². The fourth-order valence-electron chi connectivity index (χ4n) is 1.39. The zero-order valence-corrected chi connectivity index (χ0v) is 10.5. The van der Waals surface area contributed by atoms with Crippen molar-refractivity contribution in [3.05, 3.63) is 28.1 Å². The van der Waals surface area contributed by atoms with Crippen molar-refractivity contribution in [2.45, 2.75) is 31.1 Å². The Morgan fingerprint density at radius 3 is 2.73 bits per heavy atom. The van der Waals surface area contributed by atoms with Gasteiger partial charge in [0.25, 0.3) is 0 Å². The summed E-state index contributed by atoms with van der Waals surface area (Å²) >= 11 is 7.80. The summed E-state index contributed by atoms with van der Waals surface area (Å²) in [7, 11) is 0. The number of benzene rings is 1. The summed E-state index contributed by atoms with van der Waals surface area (Å²) in [5, 5.41) is 2.61. The van der Waals surface area contributed by atoms with Crippen molar-refractivity contribution < 1.29 is 0 Å². The zero-order valence-electron chi connectivity index (χ0n) is 8.97. The van der Waals surface area contributed by atoms with Gasteiger partial charge < -0.3 is 0 Å². The van der Waals surface area contributed by atoms with Gasteiger partial charge in [0.1, 0.15) is 0 Å². The number of thioether (sulfide) groups is 1. The second-order valence-corrected chi connectivity index (χ2v) is 5.82. The van der Waals surface area contributed by atoms with Gasteiger partial charge in [-0.1, -0.05) is 44.1 Å². The van der Waals surface area contributed by atoms with Crippen molar-refractivity contribution in [1.29, 1.82) is 0 Å². The van der Waals surface area contributed by atoms with Gasteiger partial charge in [-0.25, -0.2) is 4.99 Å². The molecule has 0 saturated carbocycles. The minimum atomic E-state index is 0.0972. The SMILES string of the molecule is CC(C)(C)c1cc(Cl)c2c(c1)N=C=CS2. The van der Waals surface area contributed by atoms with E-state index in [0.29, 0.717) is 0 Å². The topological polar surface area (TPSA) is 12.4 Å². The van der Waals surface area contributed by atoms with E-state index in [2.05, 4.69) is 37.7 Å². The van der Waals surface area contributed by atoms with E-state index < -0.39 is 0 Å². The minimum Gasteiger partial charge on any atom is -0.204 e. The lowest BCUT2D eigenvalue weighted by Crippen LogP contribution is -2.11. The van der Waals surface area contributed by atoms with Gasteiger partial charge in [-0.05, 0) is 29.0 Å². The second kappa shape index (κ2) is 3.71. The summed E-state index contributed by atoms with van der Waals surface area (Å²) in [6, 6.07) is 4.12. The standard InChI is InChI=1S/C12H12ClNS/c1-12(2,3)8-6-9(13)11-10(7-8)14-4-5-15-11/h5-7H,1-3H3. The molecule has 1 heterocycles. The van der Waals surface area contributed by atoms with Gasteiger partial charge in [-0.2, -0.15) is 0 Å². The van der Waals surface area contributed by atoms with Crippen molar-refractivity contribution in [1.82, 2.24) is 0 Å². The van der Waals surface area contributed by atoms with Crippen LogP contribution in [0, 0.1) is 0 Å². The molecule has 78 valence electrons. The third kappa shape index (κ3) is 2.12. The predicted molar refractivity (Wildman–Crippen MR) is 67.7 cm³/mol. The predicted octanol–water partition coefficient (Wildman–Crippen LogP) is 4.56. The molecule has 0 bridgehead atoms. The van der Waals surface area contributed by atoms with Crippen molar-refractivity contribution in [2.75, 3.05) is 0 Å². The van der Waals surface area contributed by atoms with Crippen molar-refractivity contribution >= 4 is 34.9 Å². The van der Waals surface area contributed by atoms with E-state index in [1.165, 1.54) is 5.56 Å². The van der Waals surface area contributed by atoms with E-state index >= 15 is 0 Å². The molecule has 1 aliphatic heterocycles. The van der Waals surface area contributed by atoms with Gasteiger partial charge in [0, 0.05) is 5.41 Å². The normalized spacial score (nSPS) is 14.1. The van der Waals surface area contributed by atoms with Crippen molar-refractivity contribution in [3.8, 4) is 0 Å². The molecule has 0 amide bonds. The van der Waals surface area contributed by atoms with Crippen LogP contribution in [0.4, 0.5) is 5.69 Å². The van der Waals surface area contributed by atoms with E-state index in [1.807, 2.05) is 11.5 Å². The van der Waals surface area contributed by atoms with Gasteiger partial charge in [-0.3, -0.25) is 0 Å². The molecule has 0 aliphatic carbocycles. The first-order valence-electron chi connectivity index (χ1n) is 4.77. The summed E-state index contributed by atoms with van der Waals surface area (Å²) in [4.78, 5) is 5.25. The number of nitrogens with zero attached hydrogens (tertiary/aromatic N) is 1. The number of aliphatic imine (C=N–C) groups is 1. The highest BCUT2D eigenvalue weighted by Gasteiger charge is 2.18. The van der Waals surface area contributed by atoms with E-state index in [0.717, 1.165) is 15.6 Å². The fraction of sp³-hybridized carbons (Fsp3) is 0.333. The Hall–Kier alpha value is -0.690. The maximum atomic E-state index is 6.22. The molecule has 0 fully saturated rings. The quantitative estimate of drug-likeness (QED) is 0.645. The molecule has 1 aliphatic rings. The Bertz CT molecular complexity index is 465. The Kier molecular flexibility index (Phi) is 2.68. The van der Waals surface area contributed by atoms with Crippen LogP contribution in [0.15, 0.2) is 27.4 Å². The Balaban J connectivity index is 2.61. The molecule has 0 atom stereocenters. The fourth-order valence-corrected chi connectivity index (χ4v) is 2.36. The highest BCUT2D eigenvalue weighted by molar-refractivity contribution is 8.02. The third-order valence-electron chi connectivity index (χ3n) is 2.30. The molecule has 1 aromatic rings. The minimum absolute atomic E-state index is 0.0972. The molecule has 0 N–H and O–H groups in total. The van der Waals surface area contributed by atoms with Gasteiger partial charge in [0.15, 0.2) is 0 Å². The molecular formula is C12H12ClNS. The lowest BCUT2D eigenvalue weighted by atomic mass is 9.87. The van der Waals surface area contributed by atoms with E-state index in [9.17, 15) is 0 Å². The number of fused-ring (bicyclic) bond motifs is 1. The maximum absolute atomic E-state index is 6.22. The lowest BCUT2D eigenvalue weighted by molar-refractivity contribution is 0.590. The van der Waals surface area contributed by atoms with Crippen LogP contribution in [-0.2, 0) is 5.41 Å². The van der Waals surface area contributed by atoms with Crippen LogP contribution in [0.1, 0.15) is 26.3 Å². The van der Waals surface area contributed by atoms with Crippen molar-refractivity contribution in [2.24, 2.45) is 4.99 Å². The largest absolute Gasteiger partial charge is 0.204 e. The lowest BCUT2D eigenvalue weighted by Gasteiger charge is -2.21. The average Bonchev–Trinajstić information content (AvgIpc) is 2.16. The average molecular weight is 238 g/mol. The van der Waals surface area contributed by atoms with Crippen LogP contribution in [0.3, 0.4) is 0 Å². The summed E-state index contributed by atoms with van der Waals surface area (Å²) < 4.78 is 0. The molecule has 3 heteroatoms. The van der Waals surface area contributed by atoms with Crippen LogP contribution in [0.5, 0.6) is 0 Å². The van der Waals surface area contributed by atoms with Crippen LogP contribution < -0.4 is 0 Å². The highest BCUT2D eigenvalue weighted by Crippen LogP contribution is 2.41. The molecule has 0 aromatic heterocycles.